The van der Waals surface area contributed by atoms with E-state index < -0.39 is 58.9 Å². The summed E-state index contributed by atoms with van der Waals surface area (Å²) in [6.45, 7) is -0.120. The van der Waals surface area contributed by atoms with Crippen LogP contribution in [-0.4, -0.2) is 33.9 Å². The molecule has 0 spiro atoms. The number of nitrogens with one attached hydrogen (secondary N) is 1. The Bertz CT molecular complexity index is 1670. The number of halogens is 5. The Balaban J connectivity index is 1.33. The van der Waals surface area contributed by atoms with Crippen molar-refractivity contribution in [3.63, 3.8) is 0 Å². The lowest BCUT2D eigenvalue weighted by Gasteiger charge is -2.36. The van der Waals surface area contributed by atoms with Gasteiger partial charge in [-0.3, -0.25) is 4.79 Å². The number of anilines is 1. The summed E-state index contributed by atoms with van der Waals surface area (Å²) < 4.78 is 81.2. The zero-order valence-corrected chi connectivity index (χ0v) is 23.9. The van der Waals surface area contributed by atoms with Gasteiger partial charge in [0.1, 0.15) is 5.56 Å². The van der Waals surface area contributed by atoms with E-state index in [0.717, 1.165) is 16.0 Å². The van der Waals surface area contributed by atoms with Gasteiger partial charge in [0.2, 0.25) is 5.82 Å². The van der Waals surface area contributed by atoms with Crippen LogP contribution in [-0.2, 0) is 16.1 Å². The second kappa shape index (κ2) is 13.8. The van der Waals surface area contributed by atoms with Crippen molar-refractivity contribution in [3.05, 3.63) is 130 Å². The third-order valence-corrected chi connectivity index (χ3v) is 8.17. The van der Waals surface area contributed by atoms with Crippen LogP contribution in [0, 0.1) is 29.1 Å². The van der Waals surface area contributed by atoms with E-state index >= 15 is 0 Å². The third kappa shape index (κ3) is 7.17. The number of carbonyl (C=O) groups excluding carboxylic acids is 1. The molecular weight excluding hydrogens is 621 g/mol. The minimum Gasteiger partial charge on any atom is -0.478 e. The molecule has 1 heterocycles. The van der Waals surface area contributed by atoms with Gasteiger partial charge in [-0.25, -0.2) is 26.7 Å². The van der Waals surface area contributed by atoms with E-state index in [-0.39, 0.29) is 24.0 Å². The first-order valence-electron chi connectivity index (χ1n) is 13.4. The van der Waals surface area contributed by atoms with Crippen LogP contribution in [0.3, 0.4) is 0 Å². The molecular formula is C32H24F5NO6S. The predicted molar refractivity (Wildman–Crippen MR) is 153 cm³/mol. The number of carboxylic acid groups (broad SMARTS) is 1. The van der Waals surface area contributed by atoms with Crippen LogP contribution in [0.1, 0.15) is 56.2 Å². The fourth-order valence-electron chi connectivity index (χ4n) is 4.63. The lowest BCUT2D eigenvalue weighted by Crippen LogP contribution is -2.31. The van der Waals surface area contributed by atoms with Gasteiger partial charge in [-0.1, -0.05) is 36.4 Å². The molecule has 1 saturated heterocycles. The molecule has 1 aliphatic rings. The molecule has 0 unspecified atom stereocenters. The fourth-order valence-corrected chi connectivity index (χ4v) is 5.55. The van der Waals surface area contributed by atoms with Crippen molar-refractivity contribution in [2.45, 2.75) is 36.4 Å². The average molecular weight is 646 g/mol. The van der Waals surface area contributed by atoms with Gasteiger partial charge in [-0.2, -0.15) is 0 Å². The minimum absolute atomic E-state index is 0.0107. The zero-order chi connectivity index (χ0) is 32.2. The van der Waals surface area contributed by atoms with Crippen molar-refractivity contribution in [2.75, 3.05) is 11.1 Å². The first-order valence-corrected chi connectivity index (χ1v) is 14.4. The summed E-state index contributed by atoms with van der Waals surface area (Å²) in [4.78, 5) is 24.4. The van der Waals surface area contributed by atoms with Crippen molar-refractivity contribution in [1.29, 1.82) is 0 Å². The summed E-state index contributed by atoms with van der Waals surface area (Å²) in [7, 11) is 0. The molecule has 3 atom stereocenters. The predicted octanol–water partition coefficient (Wildman–Crippen LogP) is 7.16. The van der Waals surface area contributed by atoms with Crippen molar-refractivity contribution in [2.24, 2.45) is 0 Å². The van der Waals surface area contributed by atoms with Crippen LogP contribution in [0.15, 0.2) is 77.7 Å². The summed E-state index contributed by atoms with van der Waals surface area (Å²) in [5, 5.41) is 20.7. The standard InChI is InChI=1S/C32H24F5NO6S/c33-25-24(26(34)28(36)29(37)27(25)35)30(40)38-20-9-5-19(6-10-20)32-43-21(15-45-22-11-7-18(8-12-22)31(41)42)13-23(44-32)17-3-1-16(14-39)2-4-17/h1-12,21,23,32,39H,13-15H2,(H,38,40)(H,41,42)/t21-,23+,32+/m0/s1. The number of hydrogen-bond donors (Lipinski definition) is 3. The monoisotopic (exact) mass is 645 g/mol. The van der Waals surface area contributed by atoms with E-state index in [1.807, 2.05) is 12.1 Å². The number of ether oxygens (including phenoxy) is 2. The Morgan fingerprint density at radius 3 is 1.93 bits per heavy atom. The normalized spacial score (nSPS) is 18.0. The van der Waals surface area contributed by atoms with Gasteiger partial charge < -0.3 is 25.0 Å². The van der Waals surface area contributed by atoms with Gasteiger partial charge in [0.25, 0.3) is 5.91 Å². The third-order valence-electron chi connectivity index (χ3n) is 7.03. The maximum Gasteiger partial charge on any atom is 0.335 e. The highest BCUT2D eigenvalue weighted by Crippen LogP contribution is 2.40. The molecule has 0 saturated carbocycles. The van der Waals surface area contributed by atoms with Crippen molar-refractivity contribution in [3.8, 4) is 0 Å². The number of aliphatic hydroxyl groups excluding tert-OH is 1. The van der Waals surface area contributed by atoms with Gasteiger partial charge in [0, 0.05) is 28.3 Å². The molecule has 1 aliphatic heterocycles. The highest BCUT2D eigenvalue weighted by atomic mass is 32.2. The zero-order valence-electron chi connectivity index (χ0n) is 23.1. The molecule has 0 radical (unpaired) electrons. The van der Waals surface area contributed by atoms with Gasteiger partial charge in [0.05, 0.1) is 24.4 Å². The fraction of sp³-hybridized carbons (Fsp3) is 0.188. The molecule has 3 N–H and O–H groups in total. The van der Waals surface area contributed by atoms with Crippen molar-refractivity contribution in [1.82, 2.24) is 0 Å². The SMILES string of the molecule is O=C(O)c1ccc(SC[C@@H]2C[C@H](c3ccc(CO)cc3)O[C@H](c3ccc(NC(=O)c4c(F)c(F)c(F)c(F)c4F)cc3)O2)cc1. The maximum absolute atomic E-state index is 14.1. The smallest absolute Gasteiger partial charge is 0.335 e. The summed E-state index contributed by atoms with van der Waals surface area (Å²) in [6.07, 6.45) is -1.15. The Morgan fingerprint density at radius 1 is 0.778 bits per heavy atom. The maximum atomic E-state index is 14.1. The van der Waals surface area contributed by atoms with E-state index in [1.54, 1.807) is 24.3 Å². The van der Waals surface area contributed by atoms with Crippen LogP contribution >= 0.6 is 11.8 Å². The first kappa shape index (κ1) is 32.1. The lowest BCUT2D eigenvalue weighted by atomic mass is 10.0. The topological polar surface area (TPSA) is 105 Å². The Morgan fingerprint density at radius 2 is 1.36 bits per heavy atom. The average Bonchev–Trinajstić information content (AvgIpc) is 3.06. The van der Waals surface area contributed by atoms with Crippen molar-refractivity contribution < 1.29 is 51.2 Å². The highest BCUT2D eigenvalue weighted by molar-refractivity contribution is 7.99. The molecule has 5 rings (SSSR count). The molecule has 234 valence electrons. The van der Waals surface area contributed by atoms with Crippen LogP contribution in [0.5, 0.6) is 0 Å². The van der Waals surface area contributed by atoms with E-state index in [2.05, 4.69) is 5.32 Å². The van der Waals surface area contributed by atoms with E-state index in [9.17, 15) is 36.6 Å². The Labute approximate surface area is 257 Å². The number of carbonyl (C=O) groups is 2. The number of rotatable bonds is 9. The number of aliphatic hydroxyl groups is 1. The quantitative estimate of drug-likeness (QED) is 0.0768. The lowest BCUT2D eigenvalue weighted by molar-refractivity contribution is -0.245. The molecule has 4 aromatic carbocycles. The first-order chi connectivity index (χ1) is 21.5. The summed E-state index contributed by atoms with van der Waals surface area (Å²) in [6, 6.07) is 19.4. The molecule has 13 heteroatoms. The van der Waals surface area contributed by atoms with E-state index in [0.29, 0.717) is 17.7 Å². The molecule has 1 fully saturated rings. The van der Waals surface area contributed by atoms with E-state index in [1.165, 1.54) is 48.2 Å². The number of thioether (sulfide) groups is 1. The molecule has 45 heavy (non-hydrogen) atoms. The van der Waals surface area contributed by atoms with Crippen molar-refractivity contribution >= 4 is 29.3 Å². The number of hydrogen-bond acceptors (Lipinski definition) is 6. The van der Waals surface area contributed by atoms with Crippen LogP contribution in [0.25, 0.3) is 0 Å². The summed E-state index contributed by atoms with van der Waals surface area (Å²) in [5.74, 6) is -13.4. The second-order valence-corrected chi connectivity index (χ2v) is 11.1. The largest absolute Gasteiger partial charge is 0.478 e. The summed E-state index contributed by atoms with van der Waals surface area (Å²) >= 11 is 1.47. The molecule has 7 nitrogen and oxygen atoms in total. The van der Waals surface area contributed by atoms with Crippen LogP contribution < -0.4 is 5.32 Å². The number of benzene rings is 4. The number of carboxylic acids is 1. The summed E-state index contributed by atoms with van der Waals surface area (Å²) in [5.41, 5.74) is 0.650. The Hall–Kier alpha value is -4.30. The van der Waals surface area contributed by atoms with Gasteiger partial charge in [-0.05, 0) is 47.5 Å². The molecule has 1 amide bonds. The van der Waals surface area contributed by atoms with Crippen LogP contribution in [0.2, 0.25) is 0 Å². The molecule has 0 aliphatic carbocycles. The molecule has 4 aromatic rings. The van der Waals surface area contributed by atoms with Gasteiger partial charge >= 0.3 is 5.97 Å². The number of amides is 1. The van der Waals surface area contributed by atoms with E-state index in [4.69, 9.17) is 14.6 Å². The molecule has 0 bridgehead atoms. The van der Waals surface area contributed by atoms with Gasteiger partial charge in [-0.15, -0.1) is 11.8 Å². The number of aromatic carboxylic acids is 1. The highest BCUT2D eigenvalue weighted by Gasteiger charge is 2.33. The Kier molecular flexibility index (Phi) is 9.83. The van der Waals surface area contributed by atoms with Crippen LogP contribution in [0.4, 0.5) is 27.6 Å². The van der Waals surface area contributed by atoms with Gasteiger partial charge in [0.15, 0.2) is 29.6 Å². The minimum atomic E-state index is -2.37. The second-order valence-electron chi connectivity index (χ2n) is 10.0. The molecule has 0 aromatic heterocycles.